The highest BCUT2D eigenvalue weighted by Crippen LogP contribution is 2.16. The molecule has 0 spiro atoms. The summed E-state index contributed by atoms with van der Waals surface area (Å²) in [5.41, 5.74) is 1.99. The van der Waals surface area contributed by atoms with E-state index < -0.39 is 0 Å². The minimum atomic E-state index is -0.0967. The van der Waals surface area contributed by atoms with Crippen LogP contribution in [0.15, 0.2) is 45.8 Å². The van der Waals surface area contributed by atoms with Crippen LogP contribution in [0.2, 0.25) is 0 Å². The number of rotatable bonds is 6. The lowest BCUT2D eigenvalue weighted by Gasteiger charge is -2.09. The lowest BCUT2D eigenvalue weighted by Crippen LogP contribution is -2.23. The molecule has 5 heteroatoms. The van der Waals surface area contributed by atoms with Crippen molar-refractivity contribution in [1.29, 1.82) is 0 Å². The lowest BCUT2D eigenvalue weighted by atomic mass is 10.1. The largest absolute Gasteiger partial charge is 0.383 e. The number of hydrogen-bond acceptors (Lipinski definition) is 3. The molecular weight excluding hydrogens is 318 g/mol. The number of aromatic nitrogens is 2. The topological polar surface area (TPSA) is 46.9 Å². The van der Waals surface area contributed by atoms with Gasteiger partial charge in [0.2, 0.25) is 0 Å². The maximum absolute atomic E-state index is 11.9. The molecule has 0 bridgehead atoms. The molecule has 0 aliphatic rings. The van der Waals surface area contributed by atoms with Crippen molar-refractivity contribution in [3.05, 3.63) is 56.9 Å². The Kier molecular flexibility index (Phi) is 5.35. The normalized spacial score (nSPS) is 10.5. The van der Waals surface area contributed by atoms with E-state index in [1.165, 1.54) is 10.2 Å². The SMILES string of the molecule is CCn1ncc(NCCCc2ccccc2)c(Br)c1=O. The van der Waals surface area contributed by atoms with Crippen LogP contribution in [0.25, 0.3) is 0 Å². The molecule has 0 aliphatic carbocycles. The second-order valence-corrected chi connectivity index (χ2v) is 5.30. The molecule has 0 unspecified atom stereocenters. The molecule has 0 aliphatic heterocycles. The van der Waals surface area contributed by atoms with Crippen molar-refractivity contribution >= 4 is 21.6 Å². The lowest BCUT2D eigenvalue weighted by molar-refractivity contribution is 0.612. The Morgan fingerprint density at radius 1 is 1.30 bits per heavy atom. The monoisotopic (exact) mass is 335 g/mol. The highest BCUT2D eigenvalue weighted by Gasteiger charge is 2.06. The van der Waals surface area contributed by atoms with E-state index in [9.17, 15) is 4.79 Å². The Labute approximate surface area is 127 Å². The summed E-state index contributed by atoms with van der Waals surface area (Å²) in [5, 5.41) is 7.36. The van der Waals surface area contributed by atoms with Gasteiger partial charge in [-0.1, -0.05) is 30.3 Å². The summed E-state index contributed by atoms with van der Waals surface area (Å²) >= 11 is 3.33. The van der Waals surface area contributed by atoms with Crippen LogP contribution in [-0.4, -0.2) is 16.3 Å². The number of halogens is 1. The van der Waals surface area contributed by atoms with Gasteiger partial charge in [0.15, 0.2) is 0 Å². The van der Waals surface area contributed by atoms with E-state index in [1.807, 2.05) is 25.1 Å². The molecule has 1 heterocycles. The van der Waals surface area contributed by atoms with Crippen molar-refractivity contribution in [2.24, 2.45) is 0 Å². The molecule has 2 aromatic rings. The summed E-state index contributed by atoms with van der Waals surface area (Å²) in [6.45, 7) is 3.28. The van der Waals surface area contributed by atoms with E-state index in [0.29, 0.717) is 11.0 Å². The van der Waals surface area contributed by atoms with Crippen LogP contribution in [0.5, 0.6) is 0 Å². The zero-order chi connectivity index (χ0) is 14.4. The minimum absolute atomic E-state index is 0.0967. The number of nitrogens with one attached hydrogen (secondary N) is 1. The second kappa shape index (κ2) is 7.24. The molecule has 1 N–H and O–H groups in total. The van der Waals surface area contributed by atoms with Gasteiger partial charge in [0.05, 0.1) is 11.9 Å². The molecule has 1 aromatic carbocycles. The van der Waals surface area contributed by atoms with Gasteiger partial charge in [0, 0.05) is 13.1 Å². The standard InChI is InChI=1S/C15H18BrN3O/c1-2-19-15(20)14(16)13(11-18-19)17-10-6-9-12-7-4-3-5-8-12/h3-5,7-8,11,17H,2,6,9-10H2,1H3. The summed E-state index contributed by atoms with van der Waals surface area (Å²) < 4.78 is 1.98. The average Bonchev–Trinajstić information content (AvgIpc) is 2.49. The maximum atomic E-state index is 11.9. The van der Waals surface area contributed by atoms with Crippen LogP contribution in [0, 0.1) is 0 Å². The van der Waals surface area contributed by atoms with Crippen molar-refractivity contribution in [3.8, 4) is 0 Å². The second-order valence-electron chi connectivity index (χ2n) is 4.51. The molecule has 0 radical (unpaired) electrons. The van der Waals surface area contributed by atoms with Crippen LogP contribution in [0.3, 0.4) is 0 Å². The van der Waals surface area contributed by atoms with E-state index >= 15 is 0 Å². The van der Waals surface area contributed by atoms with Gasteiger partial charge in [-0.25, -0.2) is 4.68 Å². The third-order valence-corrected chi connectivity index (χ3v) is 3.85. The Bertz CT molecular complexity index is 610. The molecular formula is C15H18BrN3O. The van der Waals surface area contributed by atoms with Gasteiger partial charge in [-0.2, -0.15) is 5.10 Å². The fourth-order valence-corrected chi connectivity index (χ4v) is 2.42. The van der Waals surface area contributed by atoms with Gasteiger partial charge in [-0.05, 0) is 41.3 Å². The number of nitrogens with zero attached hydrogens (tertiary/aromatic N) is 2. The third kappa shape index (κ3) is 3.70. The Hall–Kier alpha value is -1.62. The van der Waals surface area contributed by atoms with Gasteiger partial charge in [-0.15, -0.1) is 0 Å². The molecule has 0 fully saturated rings. The van der Waals surface area contributed by atoms with E-state index in [-0.39, 0.29) is 5.56 Å². The zero-order valence-electron chi connectivity index (χ0n) is 11.5. The molecule has 2 rings (SSSR count). The quantitative estimate of drug-likeness (QED) is 0.825. The fraction of sp³-hybridized carbons (Fsp3) is 0.333. The number of benzene rings is 1. The van der Waals surface area contributed by atoms with Crippen LogP contribution in [0.1, 0.15) is 18.9 Å². The van der Waals surface area contributed by atoms with Crippen molar-refractivity contribution < 1.29 is 0 Å². The van der Waals surface area contributed by atoms with E-state index in [0.717, 1.165) is 25.1 Å². The van der Waals surface area contributed by atoms with Crippen molar-refractivity contribution in [3.63, 3.8) is 0 Å². The van der Waals surface area contributed by atoms with E-state index in [4.69, 9.17) is 0 Å². The summed E-state index contributed by atoms with van der Waals surface area (Å²) in [6.07, 6.45) is 3.72. The first kappa shape index (κ1) is 14.8. The molecule has 0 amide bonds. The van der Waals surface area contributed by atoms with Crippen molar-refractivity contribution in [1.82, 2.24) is 9.78 Å². The van der Waals surface area contributed by atoms with Gasteiger partial charge in [-0.3, -0.25) is 4.79 Å². The van der Waals surface area contributed by atoms with Crippen molar-refractivity contribution in [2.75, 3.05) is 11.9 Å². The Morgan fingerprint density at radius 3 is 2.75 bits per heavy atom. The average molecular weight is 336 g/mol. The Balaban J connectivity index is 1.89. The zero-order valence-corrected chi connectivity index (χ0v) is 13.1. The predicted octanol–water partition coefficient (Wildman–Crippen LogP) is 3.07. The molecule has 1 aromatic heterocycles. The van der Waals surface area contributed by atoms with Crippen LogP contribution >= 0.6 is 15.9 Å². The summed E-state index contributed by atoms with van der Waals surface area (Å²) in [7, 11) is 0. The highest BCUT2D eigenvalue weighted by molar-refractivity contribution is 9.10. The van der Waals surface area contributed by atoms with Gasteiger partial charge < -0.3 is 5.32 Å². The Morgan fingerprint density at radius 2 is 2.05 bits per heavy atom. The number of anilines is 1. The molecule has 0 atom stereocenters. The van der Waals surface area contributed by atoms with Crippen molar-refractivity contribution in [2.45, 2.75) is 26.3 Å². The molecule has 0 saturated heterocycles. The van der Waals surface area contributed by atoms with E-state index in [2.05, 4.69) is 38.5 Å². The molecule has 106 valence electrons. The van der Waals surface area contributed by atoms with Crippen LogP contribution in [-0.2, 0) is 13.0 Å². The summed E-state index contributed by atoms with van der Waals surface area (Å²) in [5.74, 6) is 0. The molecule has 0 saturated carbocycles. The number of hydrogen-bond donors (Lipinski definition) is 1. The number of aryl methyl sites for hydroxylation is 2. The molecule has 4 nitrogen and oxygen atoms in total. The maximum Gasteiger partial charge on any atom is 0.283 e. The first-order valence-electron chi connectivity index (χ1n) is 6.75. The van der Waals surface area contributed by atoms with Gasteiger partial charge >= 0.3 is 0 Å². The smallest absolute Gasteiger partial charge is 0.283 e. The first-order chi connectivity index (χ1) is 9.72. The minimum Gasteiger partial charge on any atom is -0.383 e. The summed E-state index contributed by atoms with van der Waals surface area (Å²) in [6, 6.07) is 10.4. The highest BCUT2D eigenvalue weighted by atomic mass is 79.9. The van der Waals surface area contributed by atoms with Crippen LogP contribution in [0.4, 0.5) is 5.69 Å². The van der Waals surface area contributed by atoms with Crippen LogP contribution < -0.4 is 10.9 Å². The first-order valence-corrected chi connectivity index (χ1v) is 7.55. The van der Waals surface area contributed by atoms with E-state index in [1.54, 1.807) is 6.20 Å². The van der Waals surface area contributed by atoms with Gasteiger partial charge in [0.1, 0.15) is 4.47 Å². The predicted molar refractivity (Wildman–Crippen MR) is 85.1 cm³/mol. The molecule has 20 heavy (non-hydrogen) atoms. The third-order valence-electron chi connectivity index (χ3n) is 3.08. The fourth-order valence-electron chi connectivity index (χ4n) is 1.97. The van der Waals surface area contributed by atoms with Gasteiger partial charge in [0.25, 0.3) is 5.56 Å². The summed E-state index contributed by atoms with van der Waals surface area (Å²) in [4.78, 5) is 11.9.